The first-order chi connectivity index (χ1) is 7.51. The number of nitrogens with zero attached hydrogens (tertiary/aromatic N) is 1. The Morgan fingerprint density at radius 2 is 2.19 bits per heavy atom. The molecular formula is C9H5BrINO4. The number of carbonyl (C=O) groups is 2. The van der Waals surface area contributed by atoms with Gasteiger partial charge in [0.05, 0.1) is 15.8 Å². The van der Waals surface area contributed by atoms with Crippen LogP contribution >= 0.6 is 38.5 Å². The summed E-state index contributed by atoms with van der Waals surface area (Å²) in [5.74, 6) is -0.387. The van der Waals surface area contributed by atoms with Crippen molar-refractivity contribution >= 4 is 56.3 Å². The first-order valence-corrected chi connectivity index (χ1v) is 6.23. The molecule has 0 aliphatic carbocycles. The Kier molecular flexibility index (Phi) is 4.54. The Labute approximate surface area is 113 Å². The van der Waals surface area contributed by atoms with E-state index in [1.54, 1.807) is 0 Å². The van der Waals surface area contributed by atoms with E-state index >= 15 is 0 Å². The fourth-order valence-corrected chi connectivity index (χ4v) is 2.01. The summed E-state index contributed by atoms with van der Waals surface area (Å²) in [4.78, 5) is 32.2. The third-order valence-electron chi connectivity index (χ3n) is 1.86. The van der Waals surface area contributed by atoms with Crippen molar-refractivity contribution in [2.45, 2.75) is 0 Å². The Morgan fingerprint density at radius 3 is 2.62 bits per heavy atom. The highest BCUT2D eigenvalue weighted by Crippen LogP contribution is 2.25. The third kappa shape index (κ3) is 2.64. The zero-order valence-electron chi connectivity index (χ0n) is 7.78. The standard InChI is InChI=1S/C9H5BrINO4/c10-3-9(14)6-2-7(11)5(4-13)1-8(6)12(15)16/h1-2,4H,3H2. The lowest BCUT2D eigenvalue weighted by atomic mass is 10.1. The van der Waals surface area contributed by atoms with Crippen molar-refractivity contribution in [1.82, 2.24) is 0 Å². The molecule has 0 aliphatic heterocycles. The number of Topliss-reactive ketones (excluding diaryl/α,β-unsaturated/α-hetero) is 1. The minimum Gasteiger partial charge on any atom is -0.298 e. The molecule has 0 N–H and O–H groups in total. The molecule has 84 valence electrons. The molecule has 0 fully saturated rings. The van der Waals surface area contributed by atoms with Gasteiger partial charge in [0.25, 0.3) is 5.69 Å². The van der Waals surface area contributed by atoms with Crippen LogP contribution in [0.4, 0.5) is 5.69 Å². The van der Waals surface area contributed by atoms with E-state index in [4.69, 9.17) is 0 Å². The van der Waals surface area contributed by atoms with Crippen molar-refractivity contribution in [3.8, 4) is 0 Å². The summed E-state index contributed by atoms with van der Waals surface area (Å²) in [6, 6.07) is 2.47. The second kappa shape index (κ2) is 5.48. The van der Waals surface area contributed by atoms with Gasteiger partial charge in [0.1, 0.15) is 0 Å². The monoisotopic (exact) mass is 397 g/mol. The average Bonchev–Trinajstić information content (AvgIpc) is 2.27. The molecule has 0 bridgehead atoms. The lowest BCUT2D eigenvalue weighted by Crippen LogP contribution is -2.06. The topological polar surface area (TPSA) is 77.3 Å². The molecule has 1 rings (SSSR count). The van der Waals surface area contributed by atoms with Gasteiger partial charge in [-0.3, -0.25) is 19.7 Å². The molecule has 16 heavy (non-hydrogen) atoms. The van der Waals surface area contributed by atoms with Crippen LogP contribution in [-0.2, 0) is 0 Å². The SMILES string of the molecule is O=Cc1cc([N+](=O)[O-])c(C(=O)CBr)cc1I. The van der Waals surface area contributed by atoms with E-state index in [2.05, 4.69) is 15.9 Å². The molecule has 0 atom stereocenters. The smallest absolute Gasteiger partial charge is 0.281 e. The maximum absolute atomic E-state index is 11.4. The van der Waals surface area contributed by atoms with Crippen LogP contribution in [0.2, 0.25) is 0 Å². The van der Waals surface area contributed by atoms with E-state index in [0.717, 1.165) is 6.07 Å². The molecule has 0 radical (unpaired) electrons. The Bertz CT molecular complexity index is 475. The van der Waals surface area contributed by atoms with Gasteiger partial charge in [0, 0.05) is 15.2 Å². The molecule has 5 nitrogen and oxygen atoms in total. The molecule has 1 aromatic carbocycles. The van der Waals surface area contributed by atoms with Gasteiger partial charge in [-0.25, -0.2) is 0 Å². The van der Waals surface area contributed by atoms with Crippen LogP contribution in [0, 0.1) is 13.7 Å². The summed E-state index contributed by atoms with van der Waals surface area (Å²) >= 11 is 4.81. The predicted octanol–water partition coefficient (Wildman–Crippen LogP) is 2.59. The summed E-state index contributed by atoms with van der Waals surface area (Å²) in [5.41, 5.74) is -0.123. The van der Waals surface area contributed by atoms with Gasteiger partial charge in [0.15, 0.2) is 12.1 Å². The Morgan fingerprint density at radius 1 is 1.56 bits per heavy atom. The largest absolute Gasteiger partial charge is 0.298 e. The van der Waals surface area contributed by atoms with Gasteiger partial charge in [-0.1, -0.05) is 15.9 Å². The van der Waals surface area contributed by atoms with Crippen LogP contribution in [-0.4, -0.2) is 22.3 Å². The highest BCUT2D eigenvalue weighted by atomic mass is 127. The van der Waals surface area contributed by atoms with E-state index in [-0.39, 0.29) is 27.9 Å². The maximum atomic E-state index is 11.4. The molecule has 0 aromatic heterocycles. The summed E-state index contributed by atoms with van der Waals surface area (Å²) < 4.78 is 0.516. The number of benzene rings is 1. The van der Waals surface area contributed by atoms with Crippen molar-refractivity contribution < 1.29 is 14.5 Å². The van der Waals surface area contributed by atoms with Crippen molar-refractivity contribution in [3.05, 3.63) is 36.9 Å². The number of carbonyl (C=O) groups excluding carboxylic acids is 2. The first kappa shape index (κ1) is 13.2. The first-order valence-electron chi connectivity index (χ1n) is 4.03. The highest BCUT2D eigenvalue weighted by molar-refractivity contribution is 14.1. The summed E-state index contributed by atoms with van der Waals surface area (Å²) in [6.45, 7) is 0. The zero-order valence-corrected chi connectivity index (χ0v) is 11.5. The Hall–Kier alpha value is -0.830. The molecule has 7 heteroatoms. The fourth-order valence-electron chi connectivity index (χ4n) is 1.11. The van der Waals surface area contributed by atoms with Gasteiger partial charge in [-0.15, -0.1) is 0 Å². The quantitative estimate of drug-likeness (QED) is 0.195. The fraction of sp³-hybridized carbons (Fsp3) is 0.111. The van der Waals surface area contributed by atoms with E-state index in [1.165, 1.54) is 6.07 Å². The summed E-state index contributed by atoms with van der Waals surface area (Å²) in [5, 5.41) is 10.7. The molecule has 0 saturated heterocycles. The van der Waals surface area contributed by atoms with Crippen LogP contribution in [0.25, 0.3) is 0 Å². The average molecular weight is 398 g/mol. The summed E-state index contributed by atoms with van der Waals surface area (Å²) in [6.07, 6.45) is 0.525. The van der Waals surface area contributed by atoms with Crippen LogP contribution < -0.4 is 0 Å². The number of aldehydes is 1. The number of nitro benzene ring substituents is 1. The van der Waals surface area contributed by atoms with Crippen molar-refractivity contribution in [2.24, 2.45) is 0 Å². The van der Waals surface area contributed by atoms with Gasteiger partial charge >= 0.3 is 0 Å². The van der Waals surface area contributed by atoms with Crippen LogP contribution in [0.15, 0.2) is 12.1 Å². The number of alkyl halides is 1. The predicted molar refractivity (Wildman–Crippen MR) is 69.3 cm³/mol. The molecule has 0 unspecified atom stereocenters. The van der Waals surface area contributed by atoms with Crippen LogP contribution in [0.3, 0.4) is 0 Å². The number of hydrogen-bond acceptors (Lipinski definition) is 4. The van der Waals surface area contributed by atoms with Crippen molar-refractivity contribution in [3.63, 3.8) is 0 Å². The number of rotatable bonds is 4. The number of nitro groups is 1. The van der Waals surface area contributed by atoms with E-state index in [1.807, 2.05) is 22.6 Å². The normalized spacial score (nSPS) is 9.88. The second-order valence-corrected chi connectivity index (χ2v) is 4.55. The van der Waals surface area contributed by atoms with E-state index in [0.29, 0.717) is 9.86 Å². The third-order valence-corrected chi connectivity index (χ3v) is 3.30. The molecule has 1 aromatic rings. The lowest BCUT2D eigenvalue weighted by Gasteiger charge is -2.03. The van der Waals surface area contributed by atoms with Gasteiger partial charge in [-0.05, 0) is 28.7 Å². The van der Waals surface area contributed by atoms with Gasteiger partial charge in [-0.2, -0.15) is 0 Å². The molecule has 0 heterocycles. The lowest BCUT2D eigenvalue weighted by molar-refractivity contribution is -0.385. The molecule has 0 saturated carbocycles. The summed E-state index contributed by atoms with van der Waals surface area (Å²) in [7, 11) is 0. The highest BCUT2D eigenvalue weighted by Gasteiger charge is 2.21. The van der Waals surface area contributed by atoms with E-state index in [9.17, 15) is 19.7 Å². The Balaban J connectivity index is 3.47. The molecule has 0 amide bonds. The van der Waals surface area contributed by atoms with Crippen molar-refractivity contribution in [2.75, 3.05) is 5.33 Å². The zero-order chi connectivity index (χ0) is 12.3. The van der Waals surface area contributed by atoms with Crippen LogP contribution in [0.5, 0.6) is 0 Å². The number of ketones is 1. The minimum absolute atomic E-state index is 0.00432. The molecule has 0 aliphatic rings. The molecule has 0 spiro atoms. The number of halogens is 2. The van der Waals surface area contributed by atoms with Gasteiger partial charge < -0.3 is 0 Å². The van der Waals surface area contributed by atoms with Gasteiger partial charge in [0.2, 0.25) is 0 Å². The number of hydrogen-bond donors (Lipinski definition) is 0. The second-order valence-electron chi connectivity index (χ2n) is 2.82. The van der Waals surface area contributed by atoms with Crippen molar-refractivity contribution in [1.29, 1.82) is 0 Å². The van der Waals surface area contributed by atoms with E-state index < -0.39 is 4.92 Å². The van der Waals surface area contributed by atoms with Crippen LogP contribution in [0.1, 0.15) is 20.7 Å². The maximum Gasteiger partial charge on any atom is 0.281 e. The molecular weight excluding hydrogens is 393 g/mol. The minimum atomic E-state index is -0.668.